The van der Waals surface area contributed by atoms with E-state index in [-0.39, 0.29) is 25.4 Å². The van der Waals surface area contributed by atoms with Gasteiger partial charge in [0.2, 0.25) is 0 Å². The van der Waals surface area contributed by atoms with E-state index in [0.717, 1.165) is 25.2 Å². The highest BCUT2D eigenvalue weighted by atomic mass is 16.7. The Labute approximate surface area is 405 Å². The van der Waals surface area contributed by atoms with Crippen molar-refractivity contribution in [3.63, 3.8) is 0 Å². The minimum Gasteiger partial charge on any atom is -0.494 e. The van der Waals surface area contributed by atoms with Crippen molar-refractivity contribution in [2.24, 2.45) is 23.7 Å². The zero-order valence-electron chi connectivity index (χ0n) is 42.3. The first kappa shape index (κ1) is 56.1. The maximum atomic E-state index is 14.0. The van der Waals surface area contributed by atoms with Crippen molar-refractivity contribution >= 4 is 11.8 Å². The van der Waals surface area contributed by atoms with Crippen LogP contribution in [0.4, 0.5) is 0 Å². The van der Waals surface area contributed by atoms with Crippen LogP contribution >= 0.6 is 0 Å². The number of hydrogen-bond acceptors (Lipinski definition) is 16. The van der Waals surface area contributed by atoms with E-state index in [4.69, 9.17) is 37.9 Å². The summed E-state index contributed by atoms with van der Waals surface area (Å²) < 4.78 is 49.0. The Morgan fingerprint density at radius 2 is 1.46 bits per heavy atom. The minimum atomic E-state index is -1.28. The summed E-state index contributed by atoms with van der Waals surface area (Å²) in [6.45, 7) is 14.2. The van der Waals surface area contributed by atoms with Crippen LogP contribution in [0.2, 0.25) is 0 Å². The van der Waals surface area contributed by atoms with Crippen molar-refractivity contribution in [3.8, 4) is 5.75 Å². The summed E-state index contributed by atoms with van der Waals surface area (Å²) in [7, 11) is 6.50. The number of cyclic esters (lactones) is 1. The fourth-order valence-electron chi connectivity index (χ4n) is 10.3. The number of likely N-dealkylation sites (N-methyl/N-ethyl adjacent to an activating group) is 1. The Hall–Kier alpha value is -2.84. The summed E-state index contributed by atoms with van der Waals surface area (Å²) in [6, 6.07) is 7.44. The summed E-state index contributed by atoms with van der Waals surface area (Å²) in [6.07, 6.45) is -0.0185. The zero-order valence-corrected chi connectivity index (χ0v) is 42.3. The highest BCUT2D eigenvalue weighted by Gasteiger charge is 2.48. The predicted molar refractivity (Wildman–Crippen MR) is 256 cm³/mol. The number of ether oxygens (including phenoxy) is 8. The lowest BCUT2D eigenvalue weighted by Gasteiger charge is -2.46. The van der Waals surface area contributed by atoms with Crippen LogP contribution in [-0.4, -0.2) is 176 Å². The van der Waals surface area contributed by atoms with Crippen LogP contribution in [0.5, 0.6) is 5.75 Å². The Bertz CT molecular complexity index is 1740. The Kier molecular flexibility index (Phi) is 22.4. The molecule has 4 heterocycles. The van der Waals surface area contributed by atoms with E-state index in [9.17, 15) is 30.0 Å². The summed E-state index contributed by atoms with van der Waals surface area (Å²) in [4.78, 5) is 32.2. The van der Waals surface area contributed by atoms with E-state index in [0.29, 0.717) is 25.0 Å². The van der Waals surface area contributed by atoms with E-state index in [2.05, 4.69) is 17.0 Å². The molecule has 4 N–H and O–H groups in total. The van der Waals surface area contributed by atoms with Crippen molar-refractivity contribution < 1.29 is 67.9 Å². The van der Waals surface area contributed by atoms with Gasteiger partial charge in [-0.15, -0.1) is 0 Å². The zero-order chi connectivity index (χ0) is 49.7. The molecule has 16 nitrogen and oxygen atoms in total. The summed E-state index contributed by atoms with van der Waals surface area (Å²) >= 11 is 0. The third-order valence-corrected chi connectivity index (χ3v) is 14.5. The summed E-state index contributed by atoms with van der Waals surface area (Å²) in [5, 5.41) is 45.4. The second-order valence-corrected chi connectivity index (χ2v) is 19.9. The number of esters is 1. The van der Waals surface area contributed by atoms with Gasteiger partial charge in [0.25, 0.3) is 0 Å². The van der Waals surface area contributed by atoms with Crippen LogP contribution in [0.15, 0.2) is 48.1 Å². The molecular formula is C52H84N2O14. The molecule has 0 aliphatic carbocycles. The molecular weight excluding hydrogens is 877 g/mol. The number of likely N-dealkylation sites (tertiary alicyclic amines) is 1. The molecule has 4 aliphatic rings. The van der Waals surface area contributed by atoms with Crippen molar-refractivity contribution in [1.29, 1.82) is 0 Å². The summed E-state index contributed by atoms with van der Waals surface area (Å²) in [5.74, 6) is -2.25. The fourth-order valence-corrected chi connectivity index (χ4v) is 10.3. The van der Waals surface area contributed by atoms with Crippen LogP contribution in [-0.2, 0) is 49.3 Å². The van der Waals surface area contributed by atoms with Crippen molar-refractivity contribution in [1.82, 2.24) is 9.80 Å². The van der Waals surface area contributed by atoms with Gasteiger partial charge in [-0.25, -0.2) is 0 Å². The molecule has 0 spiro atoms. The fraction of sp³-hybridized carbons (Fsp3) is 0.769. The van der Waals surface area contributed by atoms with E-state index < -0.39 is 109 Å². The highest BCUT2D eigenvalue weighted by Crippen LogP contribution is 2.35. The maximum absolute atomic E-state index is 14.0. The molecule has 0 aromatic heterocycles. The lowest BCUT2D eigenvalue weighted by Crippen LogP contribution is -2.63. The van der Waals surface area contributed by atoms with E-state index in [1.807, 2.05) is 39.0 Å². The Morgan fingerprint density at radius 1 is 0.809 bits per heavy atom. The highest BCUT2D eigenvalue weighted by molar-refractivity contribution is 5.91. The average molecular weight is 961 g/mol. The first-order valence-corrected chi connectivity index (χ1v) is 25.0. The van der Waals surface area contributed by atoms with Crippen molar-refractivity contribution in [2.45, 2.75) is 179 Å². The number of allylic oxidation sites excluding steroid dienone is 3. The Morgan fingerprint density at radius 3 is 2.09 bits per heavy atom. The number of carbonyl (C=O) groups is 2. The van der Waals surface area contributed by atoms with Crippen molar-refractivity contribution in [3.05, 3.63) is 53.6 Å². The number of ketones is 1. The summed E-state index contributed by atoms with van der Waals surface area (Å²) in [5.41, 5.74) is 1.96. The van der Waals surface area contributed by atoms with Gasteiger partial charge in [-0.2, -0.15) is 0 Å². The SMILES string of the molecule is CC[C@H]1OC(=O)C[C@@H](O)[C@H](C)[C@@H](O[C@@H]2O[C@H](C)[C@@H](O)[C@H](N(C)C)[C@H]2O)[C@@H](CCOc2ccc(CN3CCCCCC3)cc2)C[C@@H](C)C(=O)/C=C/C(C)=C/[C@@H]1CO[C@@H]1O[C@H](C)[C@@H](O)[C@@H](OC)[C@H]1OC. The van der Waals surface area contributed by atoms with Gasteiger partial charge in [-0.05, 0) is 110 Å². The van der Waals surface area contributed by atoms with Gasteiger partial charge in [0.15, 0.2) is 18.4 Å². The molecule has 386 valence electrons. The number of rotatable bonds is 15. The van der Waals surface area contributed by atoms with Crippen LogP contribution < -0.4 is 4.74 Å². The predicted octanol–water partition coefficient (Wildman–Crippen LogP) is 4.82. The number of nitrogens with zero attached hydrogens (tertiary/aromatic N) is 2. The maximum Gasteiger partial charge on any atom is 0.308 e. The molecule has 4 aliphatic heterocycles. The number of carbonyl (C=O) groups excluding carboxylic acids is 2. The molecule has 5 rings (SSSR count). The monoisotopic (exact) mass is 961 g/mol. The van der Waals surface area contributed by atoms with Gasteiger partial charge >= 0.3 is 5.97 Å². The smallest absolute Gasteiger partial charge is 0.308 e. The van der Waals surface area contributed by atoms with E-state index in [1.165, 1.54) is 45.5 Å². The molecule has 0 amide bonds. The topological polar surface area (TPSA) is 195 Å². The number of methoxy groups -OCH3 is 2. The third-order valence-electron chi connectivity index (χ3n) is 14.5. The quantitative estimate of drug-likeness (QED) is 0.175. The first-order valence-electron chi connectivity index (χ1n) is 25.0. The number of aliphatic hydroxyl groups is 4. The lowest BCUT2D eigenvalue weighted by molar-refractivity contribution is -0.304. The second-order valence-electron chi connectivity index (χ2n) is 19.9. The molecule has 1 aromatic carbocycles. The molecule has 1 aromatic rings. The van der Waals surface area contributed by atoms with Gasteiger partial charge in [-0.1, -0.05) is 63.5 Å². The van der Waals surface area contributed by atoms with Crippen LogP contribution in [0.3, 0.4) is 0 Å². The van der Waals surface area contributed by atoms with Gasteiger partial charge in [-0.3, -0.25) is 14.5 Å². The van der Waals surface area contributed by atoms with Crippen LogP contribution in [0.1, 0.15) is 98.5 Å². The number of aliphatic hydroxyl groups excluding tert-OH is 4. The molecule has 0 bridgehead atoms. The van der Waals surface area contributed by atoms with E-state index in [1.54, 1.807) is 51.9 Å². The lowest BCUT2D eigenvalue weighted by atomic mass is 9.79. The first-order chi connectivity index (χ1) is 32.4. The van der Waals surface area contributed by atoms with Crippen LogP contribution in [0, 0.1) is 23.7 Å². The Balaban J connectivity index is 1.42. The number of hydrogen-bond donors (Lipinski definition) is 4. The van der Waals surface area contributed by atoms with Crippen molar-refractivity contribution in [2.75, 3.05) is 54.6 Å². The molecule has 3 fully saturated rings. The van der Waals surface area contributed by atoms with E-state index >= 15 is 0 Å². The standard InChI is InChI=1S/C52H84N2O14/c1-11-42-38(30-64-52-50(62-10)49(61-9)46(59)35(6)66-52)26-31(2)16-21-40(55)32(3)27-37(22-25-63-39-19-17-36(18-20-39)29-54-23-14-12-13-15-24-54)48(33(4)41(56)28-43(57)67-42)68-51-47(60)44(53(7)8)45(58)34(5)65-51/h16-21,26,32-35,37-38,41-42,44-52,56,58-60H,11-15,22-25,27-30H2,1-10H3/b21-16+,31-26+/t32-,33+,34-,35-,37+,38-,41-,42-,44+,45-,46-,47-,48-,49-,50-,51+,52-/m1/s1. The largest absolute Gasteiger partial charge is 0.494 e. The van der Waals surface area contributed by atoms with Gasteiger partial charge in [0.05, 0.1) is 56.2 Å². The molecule has 16 heteroatoms. The number of benzene rings is 1. The third kappa shape index (κ3) is 15.3. The molecule has 3 saturated heterocycles. The van der Waals surface area contributed by atoms with Crippen LogP contribution in [0.25, 0.3) is 0 Å². The van der Waals surface area contributed by atoms with Gasteiger partial charge in [0.1, 0.15) is 36.3 Å². The molecule has 17 atom stereocenters. The normalized spacial score (nSPS) is 38.9. The molecule has 0 unspecified atom stereocenters. The molecule has 68 heavy (non-hydrogen) atoms. The molecule has 0 radical (unpaired) electrons. The van der Waals surface area contributed by atoms with Gasteiger partial charge in [0, 0.05) is 38.5 Å². The minimum absolute atomic E-state index is 0.0250. The van der Waals surface area contributed by atoms with Gasteiger partial charge < -0.3 is 63.2 Å². The molecule has 0 saturated carbocycles. The second kappa shape index (κ2) is 27.1. The average Bonchev–Trinajstić information content (AvgIpc) is 3.58.